The van der Waals surface area contributed by atoms with Crippen molar-refractivity contribution >= 4 is 16.1 Å². The molecule has 1 aliphatic rings. The van der Waals surface area contributed by atoms with E-state index in [0.29, 0.717) is 40.8 Å². The van der Waals surface area contributed by atoms with Crippen molar-refractivity contribution in [3.05, 3.63) is 47.0 Å². The van der Waals surface area contributed by atoms with E-state index in [-0.39, 0.29) is 25.7 Å². The average molecular weight is 478 g/mol. The Morgan fingerprint density at radius 3 is 2.09 bits per heavy atom. The third kappa shape index (κ3) is 5.33. The molecule has 180 valence electrons. The average Bonchev–Trinajstić information content (AvgIpc) is 2.83. The zero-order chi connectivity index (χ0) is 24.2. The highest BCUT2D eigenvalue weighted by Gasteiger charge is 2.31. The second kappa shape index (κ2) is 10.3. The summed E-state index contributed by atoms with van der Waals surface area (Å²) in [6.45, 7) is 5.03. The molecule has 1 fully saturated rings. The van der Waals surface area contributed by atoms with E-state index in [1.165, 1.54) is 25.6 Å². The maximum absolute atomic E-state index is 13.1. The molecule has 0 aliphatic carbocycles. The van der Waals surface area contributed by atoms with Crippen molar-refractivity contribution in [1.29, 1.82) is 0 Å². The van der Waals surface area contributed by atoms with Crippen LogP contribution in [0.15, 0.2) is 35.2 Å². The summed E-state index contributed by atoms with van der Waals surface area (Å²) >= 11 is 0. The molecule has 1 N–H and O–H groups in total. The van der Waals surface area contributed by atoms with Crippen LogP contribution in [0.3, 0.4) is 0 Å². The Morgan fingerprint density at radius 1 is 0.939 bits per heavy atom. The molecule has 1 heterocycles. The highest BCUT2D eigenvalue weighted by molar-refractivity contribution is 7.89. The summed E-state index contributed by atoms with van der Waals surface area (Å²) in [4.78, 5) is 14.6. The fraction of sp³-hybridized carbons (Fsp3) is 0.435. The van der Waals surface area contributed by atoms with Crippen LogP contribution < -0.4 is 19.5 Å². The number of nitrogens with one attached hydrogen (secondary N) is 1. The van der Waals surface area contributed by atoms with Crippen molar-refractivity contribution in [3.8, 4) is 17.2 Å². The standard InChI is InChI=1S/C23H31N3O6S/c1-16-6-7-17(2)21(12-16)33(28,29)26-10-8-25(9-11-26)23(27)24-15-18-13-19(30-3)22(32-5)20(14-18)31-4/h6-7,12-14H,8-11,15H2,1-5H3,(H,24,27). The fourth-order valence-corrected chi connectivity index (χ4v) is 5.51. The number of sulfonamides is 1. The van der Waals surface area contributed by atoms with E-state index in [1.54, 1.807) is 30.0 Å². The van der Waals surface area contributed by atoms with Gasteiger partial charge in [0.05, 0.1) is 26.2 Å². The van der Waals surface area contributed by atoms with E-state index >= 15 is 0 Å². The molecule has 2 aromatic carbocycles. The van der Waals surface area contributed by atoms with Gasteiger partial charge in [0.2, 0.25) is 15.8 Å². The fourth-order valence-electron chi connectivity index (χ4n) is 3.78. The number of ether oxygens (including phenoxy) is 3. The van der Waals surface area contributed by atoms with E-state index in [4.69, 9.17) is 14.2 Å². The molecular weight excluding hydrogens is 446 g/mol. The highest BCUT2D eigenvalue weighted by Crippen LogP contribution is 2.38. The largest absolute Gasteiger partial charge is 0.493 e. The smallest absolute Gasteiger partial charge is 0.317 e. The lowest BCUT2D eigenvalue weighted by Crippen LogP contribution is -2.53. The summed E-state index contributed by atoms with van der Waals surface area (Å²) in [7, 11) is 0.990. The Kier molecular flexibility index (Phi) is 7.70. The van der Waals surface area contributed by atoms with E-state index in [1.807, 2.05) is 19.1 Å². The molecule has 0 spiro atoms. The Labute approximate surface area is 195 Å². The number of piperazine rings is 1. The SMILES string of the molecule is COc1cc(CNC(=O)N2CCN(S(=O)(=O)c3cc(C)ccc3C)CC2)cc(OC)c1OC. The molecular formula is C23H31N3O6S. The molecule has 1 aliphatic heterocycles. The first kappa shape index (κ1) is 24.7. The lowest BCUT2D eigenvalue weighted by Gasteiger charge is -2.34. The Bertz CT molecular complexity index is 1090. The van der Waals surface area contributed by atoms with Gasteiger partial charge in [-0.2, -0.15) is 4.31 Å². The number of carbonyl (C=O) groups excluding carboxylic acids is 1. The lowest BCUT2D eigenvalue weighted by molar-refractivity contribution is 0.172. The van der Waals surface area contributed by atoms with Gasteiger partial charge in [-0.15, -0.1) is 0 Å². The molecule has 0 unspecified atom stereocenters. The van der Waals surface area contributed by atoms with Crippen LogP contribution in [-0.2, 0) is 16.6 Å². The number of methoxy groups -OCH3 is 3. The molecule has 10 heteroatoms. The minimum Gasteiger partial charge on any atom is -0.493 e. The number of hydrogen-bond acceptors (Lipinski definition) is 6. The summed E-state index contributed by atoms with van der Waals surface area (Å²) in [5.41, 5.74) is 2.39. The second-order valence-electron chi connectivity index (χ2n) is 7.85. The van der Waals surface area contributed by atoms with E-state index in [0.717, 1.165) is 11.1 Å². The highest BCUT2D eigenvalue weighted by atomic mass is 32.2. The summed E-state index contributed by atoms with van der Waals surface area (Å²) in [6, 6.07) is 8.69. The number of carbonyl (C=O) groups is 1. The molecule has 2 amide bonds. The first-order valence-electron chi connectivity index (χ1n) is 10.6. The summed E-state index contributed by atoms with van der Waals surface area (Å²) in [6.07, 6.45) is 0. The molecule has 3 rings (SSSR count). The number of nitrogens with zero attached hydrogens (tertiary/aromatic N) is 2. The van der Waals surface area contributed by atoms with Crippen LogP contribution in [0.4, 0.5) is 4.79 Å². The lowest BCUT2D eigenvalue weighted by atomic mass is 10.2. The quantitative estimate of drug-likeness (QED) is 0.658. The predicted octanol–water partition coefficient (Wildman–Crippen LogP) is 2.55. The van der Waals surface area contributed by atoms with Gasteiger partial charge < -0.3 is 24.4 Å². The minimum atomic E-state index is -3.61. The topological polar surface area (TPSA) is 97.4 Å². The van der Waals surface area contributed by atoms with Crippen LogP contribution in [0.1, 0.15) is 16.7 Å². The van der Waals surface area contributed by atoms with Gasteiger partial charge in [-0.1, -0.05) is 12.1 Å². The van der Waals surface area contributed by atoms with Crippen LogP contribution in [0.25, 0.3) is 0 Å². The van der Waals surface area contributed by atoms with Gasteiger partial charge >= 0.3 is 6.03 Å². The van der Waals surface area contributed by atoms with E-state index in [9.17, 15) is 13.2 Å². The van der Waals surface area contributed by atoms with Gasteiger partial charge in [-0.3, -0.25) is 0 Å². The summed E-state index contributed by atoms with van der Waals surface area (Å²) in [5, 5.41) is 2.88. The predicted molar refractivity (Wildman–Crippen MR) is 125 cm³/mol. The Morgan fingerprint density at radius 2 is 1.55 bits per heavy atom. The monoisotopic (exact) mass is 477 g/mol. The number of hydrogen-bond donors (Lipinski definition) is 1. The number of rotatable bonds is 7. The van der Waals surface area contributed by atoms with Crippen LogP contribution in [0, 0.1) is 13.8 Å². The van der Waals surface area contributed by atoms with Crippen LogP contribution in [0.5, 0.6) is 17.2 Å². The third-order valence-corrected chi connectivity index (χ3v) is 7.70. The normalized spacial score (nSPS) is 14.6. The van der Waals surface area contributed by atoms with Crippen molar-refractivity contribution in [2.75, 3.05) is 47.5 Å². The van der Waals surface area contributed by atoms with Crippen LogP contribution in [-0.4, -0.2) is 71.2 Å². The molecule has 9 nitrogen and oxygen atoms in total. The number of aryl methyl sites for hydroxylation is 2. The minimum absolute atomic E-state index is 0.243. The number of benzene rings is 2. The molecule has 0 saturated carbocycles. The molecule has 33 heavy (non-hydrogen) atoms. The van der Waals surface area contributed by atoms with Gasteiger partial charge in [-0.05, 0) is 48.7 Å². The first-order chi connectivity index (χ1) is 15.7. The van der Waals surface area contributed by atoms with Gasteiger partial charge in [0, 0.05) is 32.7 Å². The zero-order valence-corrected chi connectivity index (χ0v) is 20.5. The van der Waals surface area contributed by atoms with Crippen LogP contribution >= 0.6 is 0 Å². The molecule has 0 atom stereocenters. The molecule has 1 saturated heterocycles. The van der Waals surface area contributed by atoms with Crippen molar-refractivity contribution in [2.45, 2.75) is 25.3 Å². The Balaban J connectivity index is 1.62. The number of amides is 2. The van der Waals surface area contributed by atoms with Crippen molar-refractivity contribution in [2.24, 2.45) is 0 Å². The van der Waals surface area contributed by atoms with Gasteiger partial charge in [0.25, 0.3) is 0 Å². The maximum Gasteiger partial charge on any atom is 0.317 e. The summed E-state index contributed by atoms with van der Waals surface area (Å²) in [5.74, 6) is 1.49. The van der Waals surface area contributed by atoms with E-state index in [2.05, 4.69) is 5.32 Å². The van der Waals surface area contributed by atoms with E-state index < -0.39 is 10.0 Å². The van der Waals surface area contributed by atoms with Gasteiger partial charge in [0.15, 0.2) is 11.5 Å². The molecule has 0 aromatic heterocycles. The van der Waals surface area contributed by atoms with Crippen molar-refractivity contribution in [1.82, 2.24) is 14.5 Å². The zero-order valence-electron chi connectivity index (χ0n) is 19.7. The third-order valence-electron chi connectivity index (χ3n) is 5.66. The van der Waals surface area contributed by atoms with Gasteiger partial charge in [0.1, 0.15) is 0 Å². The van der Waals surface area contributed by atoms with Gasteiger partial charge in [-0.25, -0.2) is 13.2 Å². The summed E-state index contributed by atoms with van der Waals surface area (Å²) < 4.78 is 43.6. The Hall–Kier alpha value is -2.98. The first-order valence-corrected chi connectivity index (χ1v) is 12.0. The molecule has 0 radical (unpaired) electrons. The van der Waals surface area contributed by atoms with Crippen LogP contribution in [0.2, 0.25) is 0 Å². The van der Waals surface area contributed by atoms with Crippen molar-refractivity contribution in [3.63, 3.8) is 0 Å². The molecule has 2 aromatic rings. The molecule has 0 bridgehead atoms. The maximum atomic E-state index is 13.1. The second-order valence-corrected chi connectivity index (χ2v) is 9.76. The number of urea groups is 1. The van der Waals surface area contributed by atoms with Crippen molar-refractivity contribution < 1.29 is 27.4 Å².